The van der Waals surface area contributed by atoms with E-state index in [1.807, 2.05) is 30.7 Å². The Bertz CT molecular complexity index is 150. The Balaban J connectivity index is -0.0000000453. The van der Waals surface area contributed by atoms with Crippen LogP contribution in [-0.2, 0) is 26.4 Å². The Hall–Kier alpha value is -0.911. The van der Waals surface area contributed by atoms with Gasteiger partial charge in [-0.05, 0) is 0 Å². The van der Waals surface area contributed by atoms with E-state index in [1.165, 1.54) is 6.08 Å². The third-order valence-corrected chi connectivity index (χ3v) is 0.556. The summed E-state index contributed by atoms with van der Waals surface area (Å²) >= 11 is 0. The predicted molar refractivity (Wildman–Crippen MR) is 46.0 cm³/mol. The van der Waals surface area contributed by atoms with E-state index in [1.54, 1.807) is 0 Å². The van der Waals surface area contributed by atoms with Crippen LogP contribution in [0.1, 0.15) is 0 Å². The standard InChI is InChI=1S/C5H5.C3H5.2CO.Fe/c1-2-4-5-3-1;1-3-2;2*1-2;/h1-5H;3H,1-2H2;;;/q;-1;;;. The van der Waals surface area contributed by atoms with E-state index in [-0.39, 0.29) is 17.1 Å². The van der Waals surface area contributed by atoms with Crippen LogP contribution in [0, 0.1) is 26.6 Å². The number of allylic oxidation sites excluding steroid dienone is 5. The molecule has 2 nitrogen and oxygen atoms in total. The largest absolute Gasteiger partial charge is 0.0767 e. The van der Waals surface area contributed by atoms with Crippen LogP contribution in [0.25, 0.3) is 0 Å². The third-order valence-electron chi connectivity index (χ3n) is 0.556. The van der Waals surface area contributed by atoms with Crippen molar-refractivity contribution in [2.45, 2.75) is 0 Å². The van der Waals surface area contributed by atoms with Crippen LogP contribution >= 0.6 is 0 Å². The van der Waals surface area contributed by atoms with Crippen LogP contribution in [0.2, 0.25) is 0 Å². The molecule has 0 amide bonds. The molecule has 0 bridgehead atoms. The van der Waals surface area contributed by atoms with Crippen molar-refractivity contribution in [2.75, 3.05) is 0 Å². The van der Waals surface area contributed by atoms with Gasteiger partial charge >= 0.3 is 22.6 Å². The van der Waals surface area contributed by atoms with Gasteiger partial charge in [-0.2, -0.15) is 0 Å². The molecule has 1 rings (SSSR count). The fourth-order valence-electron chi connectivity index (χ4n) is 0.321. The van der Waals surface area contributed by atoms with Crippen LogP contribution in [-0.4, -0.2) is 0 Å². The number of rotatable bonds is 0. The van der Waals surface area contributed by atoms with Crippen molar-refractivity contribution >= 4 is 0 Å². The predicted octanol–water partition coefficient (Wildman–Crippen LogP) is 2.25. The third kappa shape index (κ3) is 54.8. The summed E-state index contributed by atoms with van der Waals surface area (Å²) in [6.45, 7) is 15.5. The summed E-state index contributed by atoms with van der Waals surface area (Å²) in [5, 5.41) is 0. The normalized spacial score (nSPS) is 8.00. The Morgan fingerprint density at radius 2 is 1.23 bits per heavy atom. The zero-order valence-electron chi connectivity index (χ0n) is 7.05. The minimum absolute atomic E-state index is 0. The second-order valence-corrected chi connectivity index (χ2v) is 1.25. The van der Waals surface area contributed by atoms with E-state index in [4.69, 9.17) is 9.30 Å². The second-order valence-electron chi connectivity index (χ2n) is 1.25. The van der Waals surface area contributed by atoms with Gasteiger partial charge in [0.05, 0.1) is 0 Å². The molecule has 1 radical (unpaired) electrons. The van der Waals surface area contributed by atoms with E-state index in [2.05, 4.69) is 26.8 Å². The summed E-state index contributed by atoms with van der Waals surface area (Å²) in [6, 6.07) is 0. The first kappa shape index (κ1) is 22.7. The van der Waals surface area contributed by atoms with Crippen LogP contribution in [0.4, 0.5) is 0 Å². The van der Waals surface area contributed by atoms with Crippen molar-refractivity contribution < 1.29 is 26.4 Å². The molecule has 0 aromatic heterocycles. The molecular formula is C10H10FeO2-. The quantitative estimate of drug-likeness (QED) is 0.340. The van der Waals surface area contributed by atoms with Gasteiger partial charge in [-0.15, -0.1) is 0 Å². The molecule has 0 saturated carbocycles. The molecule has 0 fully saturated rings. The molecule has 0 heterocycles. The first-order chi connectivity index (χ1) is 5.91. The molecule has 13 heavy (non-hydrogen) atoms. The zero-order valence-corrected chi connectivity index (χ0v) is 8.15. The minimum Gasteiger partial charge on any atom is -0.0767 e. The monoisotopic (exact) mass is 218 g/mol. The van der Waals surface area contributed by atoms with Gasteiger partial charge in [0.25, 0.3) is 0 Å². The Kier molecular flexibility index (Phi) is 76.2. The molecule has 0 spiro atoms. The van der Waals surface area contributed by atoms with Crippen molar-refractivity contribution in [1.29, 1.82) is 0 Å². The van der Waals surface area contributed by atoms with Gasteiger partial charge in [0.15, 0.2) is 0 Å². The Morgan fingerprint density at radius 3 is 1.31 bits per heavy atom. The van der Waals surface area contributed by atoms with Crippen LogP contribution < -0.4 is 0 Å². The molecule has 0 unspecified atom stereocenters. The van der Waals surface area contributed by atoms with Crippen LogP contribution in [0.5, 0.6) is 0 Å². The number of hydrogen-bond acceptors (Lipinski definition) is 0. The van der Waals surface area contributed by atoms with Gasteiger partial charge in [0.1, 0.15) is 0 Å². The number of hydrogen-bond donors (Lipinski definition) is 0. The Morgan fingerprint density at radius 1 is 1.00 bits per heavy atom. The van der Waals surface area contributed by atoms with Crippen LogP contribution in [0.15, 0.2) is 37.0 Å². The average Bonchev–Trinajstić information content (AvgIpc) is 2.69. The van der Waals surface area contributed by atoms with Crippen molar-refractivity contribution in [2.24, 2.45) is 0 Å². The Labute approximate surface area is 90.3 Å². The molecule has 0 atom stereocenters. The summed E-state index contributed by atoms with van der Waals surface area (Å²) in [6.07, 6.45) is 11.5. The second kappa shape index (κ2) is 43.6. The van der Waals surface area contributed by atoms with E-state index >= 15 is 0 Å². The van der Waals surface area contributed by atoms with Crippen molar-refractivity contribution in [1.82, 2.24) is 0 Å². The molecule has 0 N–H and O–H groups in total. The van der Waals surface area contributed by atoms with Crippen LogP contribution in [0.3, 0.4) is 0 Å². The van der Waals surface area contributed by atoms with Crippen molar-refractivity contribution in [3.8, 4) is 0 Å². The van der Waals surface area contributed by atoms with E-state index in [9.17, 15) is 0 Å². The van der Waals surface area contributed by atoms with Gasteiger partial charge < -0.3 is 0 Å². The van der Waals surface area contributed by atoms with E-state index < -0.39 is 0 Å². The molecule has 3 heteroatoms. The first-order valence-electron chi connectivity index (χ1n) is 2.89. The smallest absolute Gasteiger partial charge is 0.00506 e. The SMILES string of the molecule is C=C[CH2-].[C-]#[O+].[C-]#[O+].[CH]1C=CC=C1.[Fe]. The van der Waals surface area contributed by atoms with Gasteiger partial charge in [-0.25, -0.2) is 19.6 Å². The molecule has 1 aliphatic rings. The molecule has 0 aliphatic heterocycles. The molecule has 0 saturated heterocycles. The fraction of sp³-hybridized carbons (Fsp3) is 0. The summed E-state index contributed by atoms with van der Waals surface area (Å²) in [7, 11) is 0. The fourth-order valence-corrected chi connectivity index (χ4v) is 0.321. The average molecular weight is 218 g/mol. The summed E-state index contributed by atoms with van der Waals surface area (Å²) < 4.78 is 15.0. The maximum absolute atomic E-state index is 7.50. The van der Waals surface area contributed by atoms with E-state index in [0.29, 0.717) is 0 Å². The van der Waals surface area contributed by atoms with Gasteiger partial charge in [0.2, 0.25) is 0 Å². The van der Waals surface area contributed by atoms with Crippen molar-refractivity contribution in [3.05, 3.63) is 63.6 Å². The molecule has 0 aromatic rings. The van der Waals surface area contributed by atoms with Gasteiger partial charge in [-0.1, -0.05) is 24.3 Å². The first-order valence-corrected chi connectivity index (χ1v) is 2.89. The van der Waals surface area contributed by atoms with Gasteiger partial charge in [0, 0.05) is 23.5 Å². The molecule has 71 valence electrons. The summed E-state index contributed by atoms with van der Waals surface area (Å²) in [5.41, 5.74) is 0. The molecule has 0 aromatic carbocycles. The maximum atomic E-state index is 7.50. The van der Waals surface area contributed by atoms with Gasteiger partial charge in [-0.3, -0.25) is 0 Å². The molecular weight excluding hydrogens is 208 g/mol. The van der Waals surface area contributed by atoms with E-state index in [0.717, 1.165) is 0 Å². The summed E-state index contributed by atoms with van der Waals surface area (Å²) in [5.74, 6) is 0. The zero-order chi connectivity index (χ0) is 10.2. The minimum atomic E-state index is 0. The molecule has 1 aliphatic carbocycles. The topological polar surface area (TPSA) is 39.8 Å². The summed E-state index contributed by atoms with van der Waals surface area (Å²) in [4.78, 5) is 0. The van der Waals surface area contributed by atoms with Crippen molar-refractivity contribution in [3.63, 3.8) is 0 Å². The maximum Gasteiger partial charge on any atom is 0.00506 e.